The van der Waals surface area contributed by atoms with Crippen molar-refractivity contribution in [1.29, 1.82) is 0 Å². The number of aromatic amines is 1. The Kier molecular flexibility index (Phi) is 4.99. The van der Waals surface area contributed by atoms with Gasteiger partial charge in [-0.15, -0.1) is 0 Å². The highest BCUT2D eigenvalue weighted by Gasteiger charge is 2.43. The highest BCUT2D eigenvalue weighted by molar-refractivity contribution is 6.45. The number of aromatic nitrogens is 3. The number of alkyl halides is 2. The number of amides is 1. The molecule has 3 heterocycles. The summed E-state index contributed by atoms with van der Waals surface area (Å²) in [5, 5.41) is 14.8. The van der Waals surface area contributed by atoms with Gasteiger partial charge in [0.15, 0.2) is 0 Å². The maximum absolute atomic E-state index is 13.1. The van der Waals surface area contributed by atoms with Crippen LogP contribution in [-0.2, 0) is 17.6 Å². The van der Waals surface area contributed by atoms with E-state index in [9.17, 15) is 18.7 Å². The summed E-state index contributed by atoms with van der Waals surface area (Å²) in [5.74, 6) is -0.255. The first-order valence-corrected chi connectivity index (χ1v) is 10.8. The van der Waals surface area contributed by atoms with Crippen molar-refractivity contribution in [1.82, 2.24) is 19.7 Å². The molecule has 2 N–H and O–H groups in total. The zero-order chi connectivity index (χ0) is 21.9. The Bertz CT molecular complexity index is 1190. The van der Waals surface area contributed by atoms with Gasteiger partial charge in [-0.2, -0.15) is 13.9 Å². The zero-order valence-electron chi connectivity index (χ0n) is 16.5. The summed E-state index contributed by atoms with van der Waals surface area (Å²) < 4.78 is 26.8. The number of benzene rings is 1. The molecule has 5 rings (SSSR count). The minimum Gasteiger partial charge on any atom is -0.387 e. The first-order chi connectivity index (χ1) is 14.8. The number of aliphatic hydroxyl groups is 1. The Morgan fingerprint density at radius 1 is 1.35 bits per heavy atom. The Labute approximate surface area is 186 Å². The molecule has 1 fully saturated rings. The quantitative estimate of drug-likeness (QED) is 0.596. The van der Waals surface area contributed by atoms with Crippen molar-refractivity contribution in [3.05, 3.63) is 39.6 Å². The van der Waals surface area contributed by atoms with E-state index in [0.29, 0.717) is 44.6 Å². The number of nitrogens with zero attached hydrogens (tertiary/aromatic N) is 3. The molecule has 6 nitrogen and oxygen atoms in total. The Balaban J connectivity index is 1.62. The average Bonchev–Trinajstić information content (AvgIpc) is 3.48. The van der Waals surface area contributed by atoms with Crippen molar-refractivity contribution < 1.29 is 18.7 Å². The smallest absolute Gasteiger partial charge is 0.333 e. The van der Waals surface area contributed by atoms with Crippen LogP contribution >= 0.6 is 23.2 Å². The van der Waals surface area contributed by atoms with Gasteiger partial charge < -0.3 is 15.0 Å². The summed E-state index contributed by atoms with van der Waals surface area (Å²) in [4.78, 5) is 17.1. The summed E-state index contributed by atoms with van der Waals surface area (Å²) in [6, 6.07) is 3.22. The van der Waals surface area contributed by atoms with Crippen LogP contribution in [0.3, 0.4) is 0 Å². The second-order valence-corrected chi connectivity index (χ2v) is 9.20. The van der Waals surface area contributed by atoms with E-state index < -0.39 is 13.2 Å². The third-order valence-corrected chi connectivity index (χ3v) is 7.42. The van der Waals surface area contributed by atoms with Gasteiger partial charge in [0.25, 0.3) is 0 Å². The number of nitrogens with one attached hydrogen (secondary N) is 1. The molecular formula is C21H20Cl2F2N4O2. The maximum Gasteiger partial charge on any atom is 0.333 e. The number of carbonyl (C=O) groups excluding carboxylic acids is 1. The monoisotopic (exact) mass is 468 g/mol. The number of H-pyrrole nitrogens is 1. The molecule has 1 spiro atoms. The van der Waals surface area contributed by atoms with Gasteiger partial charge >= 0.3 is 6.55 Å². The molecule has 2 aliphatic rings. The number of carbonyl (C=O) groups is 1. The Morgan fingerprint density at radius 3 is 2.87 bits per heavy atom. The third-order valence-electron chi connectivity index (χ3n) is 6.63. The number of halogens is 4. The summed E-state index contributed by atoms with van der Waals surface area (Å²) in [6.07, 6.45) is 4.50. The van der Waals surface area contributed by atoms with Gasteiger partial charge in [0.2, 0.25) is 5.91 Å². The molecule has 1 unspecified atom stereocenters. The highest BCUT2D eigenvalue weighted by Crippen LogP contribution is 2.48. The molecule has 1 aliphatic heterocycles. The van der Waals surface area contributed by atoms with E-state index in [0.717, 1.165) is 42.3 Å². The van der Waals surface area contributed by atoms with Gasteiger partial charge in [-0.3, -0.25) is 4.79 Å². The van der Waals surface area contributed by atoms with E-state index in [-0.39, 0.29) is 11.3 Å². The van der Waals surface area contributed by atoms with Crippen LogP contribution in [0.5, 0.6) is 0 Å². The molecule has 3 aromatic rings. The average molecular weight is 469 g/mol. The SMILES string of the molecule is O=C(CO)N1CCC2(CCc3[nH]c4c(Cl)c(Cl)cc(-c5ccn(C(F)F)n5)c4c3C2)C1. The largest absolute Gasteiger partial charge is 0.387 e. The molecule has 1 saturated heterocycles. The predicted molar refractivity (Wildman–Crippen MR) is 114 cm³/mol. The highest BCUT2D eigenvalue weighted by atomic mass is 35.5. The molecule has 1 atom stereocenters. The van der Waals surface area contributed by atoms with Gasteiger partial charge in [0.1, 0.15) is 6.61 Å². The van der Waals surface area contributed by atoms with Gasteiger partial charge in [0.05, 0.1) is 21.3 Å². The Hall–Kier alpha value is -2.16. The molecule has 2 aromatic heterocycles. The normalized spacial score (nSPS) is 20.9. The topological polar surface area (TPSA) is 74.2 Å². The number of aryl methyl sites for hydroxylation is 1. The molecule has 31 heavy (non-hydrogen) atoms. The summed E-state index contributed by atoms with van der Waals surface area (Å²) in [6.45, 7) is -2.01. The van der Waals surface area contributed by atoms with Gasteiger partial charge in [-0.1, -0.05) is 23.2 Å². The van der Waals surface area contributed by atoms with Gasteiger partial charge in [-0.25, -0.2) is 4.68 Å². The second-order valence-electron chi connectivity index (χ2n) is 8.41. The van der Waals surface area contributed by atoms with Crippen molar-refractivity contribution >= 4 is 40.0 Å². The van der Waals surface area contributed by atoms with E-state index in [2.05, 4.69) is 10.1 Å². The molecule has 10 heteroatoms. The lowest BCUT2D eigenvalue weighted by Crippen LogP contribution is -2.36. The van der Waals surface area contributed by atoms with Crippen molar-refractivity contribution in [3.63, 3.8) is 0 Å². The Morgan fingerprint density at radius 2 is 2.16 bits per heavy atom. The molecule has 1 aromatic carbocycles. The standard InChI is InChI=1S/C21H20Cl2F2N4O2/c22-13-7-11(15-2-5-29(27-15)20(24)25)17-12-8-21(4-6-28(10-21)16(31)9-30)3-1-14(12)26-19(17)18(13)23/h2,5,7,20,26,30H,1,3-4,6,8-10H2. The zero-order valence-corrected chi connectivity index (χ0v) is 18.0. The van der Waals surface area contributed by atoms with E-state index in [4.69, 9.17) is 23.2 Å². The van der Waals surface area contributed by atoms with Crippen molar-refractivity contribution in [2.24, 2.45) is 5.41 Å². The van der Waals surface area contributed by atoms with Gasteiger partial charge in [0, 0.05) is 35.9 Å². The number of rotatable bonds is 3. The minimum absolute atomic E-state index is 0.0847. The fourth-order valence-electron chi connectivity index (χ4n) is 5.08. The van der Waals surface area contributed by atoms with Crippen LogP contribution in [0.15, 0.2) is 18.3 Å². The lowest BCUT2D eigenvalue weighted by Gasteiger charge is -2.33. The number of hydrogen-bond acceptors (Lipinski definition) is 3. The second kappa shape index (κ2) is 7.46. The molecule has 1 aliphatic carbocycles. The van der Waals surface area contributed by atoms with Crippen LogP contribution < -0.4 is 0 Å². The molecule has 1 amide bonds. The van der Waals surface area contributed by atoms with E-state index in [1.54, 1.807) is 17.0 Å². The summed E-state index contributed by atoms with van der Waals surface area (Å²) >= 11 is 12.9. The fraction of sp³-hybridized carbons (Fsp3) is 0.429. The number of fused-ring (bicyclic) bond motifs is 3. The van der Waals surface area contributed by atoms with Crippen molar-refractivity contribution in [2.75, 3.05) is 19.7 Å². The molecule has 0 bridgehead atoms. The fourth-order valence-corrected chi connectivity index (χ4v) is 5.48. The molecule has 0 radical (unpaired) electrons. The lowest BCUT2D eigenvalue weighted by atomic mass is 9.72. The first-order valence-electron chi connectivity index (χ1n) is 10.1. The van der Waals surface area contributed by atoms with Crippen molar-refractivity contribution in [2.45, 2.75) is 32.2 Å². The van der Waals surface area contributed by atoms with Gasteiger partial charge in [-0.05, 0) is 48.8 Å². The maximum atomic E-state index is 13.1. The van der Waals surface area contributed by atoms with Crippen LogP contribution in [0.25, 0.3) is 22.2 Å². The van der Waals surface area contributed by atoms with E-state index >= 15 is 0 Å². The number of likely N-dealkylation sites (tertiary alicyclic amines) is 1. The molecular weight excluding hydrogens is 449 g/mol. The van der Waals surface area contributed by atoms with Crippen LogP contribution in [0, 0.1) is 5.41 Å². The van der Waals surface area contributed by atoms with E-state index in [1.165, 1.54) is 6.20 Å². The molecule has 164 valence electrons. The molecule has 0 saturated carbocycles. The number of aliphatic hydroxyl groups excluding tert-OH is 1. The summed E-state index contributed by atoms with van der Waals surface area (Å²) in [7, 11) is 0. The lowest BCUT2D eigenvalue weighted by molar-refractivity contribution is -0.133. The first kappa shape index (κ1) is 20.7. The van der Waals surface area contributed by atoms with E-state index in [1.807, 2.05) is 0 Å². The van der Waals surface area contributed by atoms with Crippen LogP contribution in [0.4, 0.5) is 8.78 Å². The predicted octanol–water partition coefficient (Wildman–Crippen LogP) is 4.43. The van der Waals surface area contributed by atoms with Crippen LogP contribution in [0.1, 0.15) is 30.6 Å². The third kappa shape index (κ3) is 3.32. The summed E-state index contributed by atoms with van der Waals surface area (Å²) in [5.41, 5.74) is 3.76. The van der Waals surface area contributed by atoms with Crippen LogP contribution in [0.2, 0.25) is 10.0 Å². The van der Waals surface area contributed by atoms with Crippen molar-refractivity contribution in [3.8, 4) is 11.3 Å². The number of hydrogen-bond donors (Lipinski definition) is 2. The van der Waals surface area contributed by atoms with Crippen LogP contribution in [-0.4, -0.2) is 50.4 Å². The minimum atomic E-state index is -2.73.